The van der Waals surface area contributed by atoms with E-state index in [0.29, 0.717) is 12.2 Å². The topological polar surface area (TPSA) is 29.5 Å². The largest absolute Gasteiger partial charge is 0.508 e. The first-order valence-electron chi connectivity index (χ1n) is 6.60. The third-order valence-electron chi connectivity index (χ3n) is 3.52. The van der Waals surface area contributed by atoms with Crippen LogP contribution in [0.5, 0.6) is 11.5 Å². The van der Waals surface area contributed by atoms with E-state index >= 15 is 0 Å². The fourth-order valence-electron chi connectivity index (χ4n) is 2.47. The molecule has 2 nitrogen and oxygen atoms in total. The summed E-state index contributed by atoms with van der Waals surface area (Å²) < 4.78 is 5.36. The van der Waals surface area contributed by atoms with Gasteiger partial charge in [-0.05, 0) is 40.1 Å². The minimum Gasteiger partial charge on any atom is -0.508 e. The van der Waals surface area contributed by atoms with Gasteiger partial charge in [0.2, 0.25) is 0 Å². The summed E-state index contributed by atoms with van der Waals surface area (Å²) in [4.78, 5) is 0. The molecule has 3 aromatic rings. The lowest BCUT2D eigenvalue weighted by Crippen LogP contribution is -1.94. The van der Waals surface area contributed by atoms with Crippen LogP contribution in [0.2, 0.25) is 0 Å². The van der Waals surface area contributed by atoms with E-state index in [1.165, 1.54) is 0 Å². The van der Waals surface area contributed by atoms with Crippen LogP contribution in [0.1, 0.15) is 11.1 Å². The number of aromatic hydroxyl groups is 1. The van der Waals surface area contributed by atoms with Crippen LogP contribution in [0.15, 0.2) is 60.7 Å². The molecule has 2 heteroatoms. The van der Waals surface area contributed by atoms with Gasteiger partial charge >= 0.3 is 0 Å². The van der Waals surface area contributed by atoms with Crippen molar-refractivity contribution < 1.29 is 9.84 Å². The van der Waals surface area contributed by atoms with Crippen molar-refractivity contribution in [2.45, 2.75) is 6.42 Å². The zero-order valence-electron chi connectivity index (χ0n) is 11.3. The van der Waals surface area contributed by atoms with Crippen LogP contribution in [0.3, 0.4) is 0 Å². The van der Waals surface area contributed by atoms with Crippen LogP contribution in [0.4, 0.5) is 0 Å². The Bertz CT molecular complexity index is 747. The van der Waals surface area contributed by atoms with Crippen molar-refractivity contribution in [1.82, 2.24) is 0 Å². The van der Waals surface area contributed by atoms with Gasteiger partial charge in [0.25, 0.3) is 0 Å². The molecule has 0 fully saturated rings. The van der Waals surface area contributed by atoms with Crippen molar-refractivity contribution in [3.8, 4) is 11.5 Å². The van der Waals surface area contributed by atoms with Crippen molar-refractivity contribution in [2.75, 3.05) is 7.11 Å². The molecule has 0 aliphatic heterocycles. The lowest BCUT2D eigenvalue weighted by molar-refractivity contribution is 0.410. The molecule has 0 bridgehead atoms. The highest BCUT2D eigenvalue weighted by molar-refractivity contribution is 5.85. The van der Waals surface area contributed by atoms with Gasteiger partial charge in [0.1, 0.15) is 11.5 Å². The Kier molecular flexibility index (Phi) is 3.30. The maximum atomic E-state index is 10.2. The summed E-state index contributed by atoms with van der Waals surface area (Å²) in [5.74, 6) is 1.18. The van der Waals surface area contributed by atoms with Crippen molar-refractivity contribution in [1.29, 1.82) is 0 Å². The monoisotopic (exact) mass is 264 g/mol. The van der Waals surface area contributed by atoms with Crippen molar-refractivity contribution in [3.63, 3.8) is 0 Å². The Morgan fingerprint density at radius 2 is 1.50 bits per heavy atom. The molecule has 0 aliphatic carbocycles. The molecule has 0 saturated carbocycles. The van der Waals surface area contributed by atoms with Crippen LogP contribution in [0.25, 0.3) is 10.8 Å². The molecule has 0 amide bonds. The van der Waals surface area contributed by atoms with E-state index in [0.717, 1.165) is 27.6 Å². The lowest BCUT2D eigenvalue weighted by Gasteiger charge is -2.10. The Labute approximate surface area is 118 Å². The number of hydrogen-bond donors (Lipinski definition) is 1. The number of ether oxygens (including phenoxy) is 1. The number of methoxy groups -OCH3 is 1. The number of rotatable bonds is 3. The van der Waals surface area contributed by atoms with Crippen molar-refractivity contribution in [2.24, 2.45) is 0 Å². The predicted molar refractivity (Wildman–Crippen MR) is 81.4 cm³/mol. The Hall–Kier alpha value is -2.48. The molecular formula is C18H16O2. The van der Waals surface area contributed by atoms with Gasteiger partial charge in [0, 0.05) is 6.42 Å². The number of phenols is 1. The molecule has 0 saturated heterocycles. The molecule has 0 radical (unpaired) electrons. The molecule has 0 unspecified atom stereocenters. The number of hydrogen-bond acceptors (Lipinski definition) is 2. The molecular weight excluding hydrogens is 248 g/mol. The number of para-hydroxylation sites is 1. The van der Waals surface area contributed by atoms with E-state index in [2.05, 4.69) is 6.07 Å². The van der Waals surface area contributed by atoms with Crippen LogP contribution < -0.4 is 4.74 Å². The minimum atomic E-state index is 0.328. The molecule has 0 aromatic heterocycles. The smallest absolute Gasteiger partial charge is 0.122 e. The van der Waals surface area contributed by atoms with Crippen LogP contribution in [-0.2, 0) is 6.42 Å². The molecule has 0 spiro atoms. The van der Waals surface area contributed by atoms with Crippen LogP contribution in [-0.4, -0.2) is 12.2 Å². The van der Waals surface area contributed by atoms with Crippen molar-refractivity contribution >= 4 is 10.8 Å². The SMILES string of the molecule is COc1ccccc1Cc1cc2ccccc2cc1O. The summed E-state index contributed by atoms with van der Waals surface area (Å²) in [6, 6.07) is 19.8. The van der Waals surface area contributed by atoms with Gasteiger partial charge in [0.05, 0.1) is 7.11 Å². The van der Waals surface area contributed by atoms with E-state index in [-0.39, 0.29) is 0 Å². The van der Waals surface area contributed by atoms with Crippen LogP contribution in [0, 0.1) is 0 Å². The summed E-state index contributed by atoms with van der Waals surface area (Å²) in [5.41, 5.74) is 1.98. The molecule has 0 aliphatic rings. The second-order valence-electron chi connectivity index (χ2n) is 4.82. The predicted octanol–water partition coefficient (Wildman–Crippen LogP) is 4.14. The highest BCUT2D eigenvalue weighted by atomic mass is 16.5. The summed E-state index contributed by atoms with van der Waals surface area (Å²) in [6.07, 6.45) is 0.653. The molecule has 0 heterocycles. The number of benzene rings is 3. The molecule has 100 valence electrons. The fourth-order valence-corrected chi connectivity index (χ4v) is 2.47. The Balaban J connectivity index is 2.04. The third-order valence-corrected chi connectivity index (χ3v) is 3.52. The van der Waals surface area contributed by atoms with Gasteiger partial charge < -0.3 is 9.84 Å². The van der Waals surface area contributed by atoms with Gasteiger partial charge in [-0.2, -0.15) is 0 Å². The highest BCUT2D eigenvalue weighted by Gasteiger charge is 2.08. The maximum Gasteiger partial charge on any atom is 0.122 e. The average Bonchev–Trinajstić information content (AvgIpc) is 2.48. The summed E-state index contributed by atoms with van der Waals surface area (Å²) in [7, 11) is 1.67. The quantitative estimate of drug-likeness (QED) is 0.770. The van der Waals surface area contributed by atoms with Gasteiger partial charge in [0.15, 0.2) is 0 Å². The Morgan fingerprint density at radius 3 is 2.25 bits per heavy atom. The average molecular weight is 264 g/mol. The van der Waals surface area contributed by atoms with Crippen LogP contribution >= 0.6 is 0 Å². The first-order chi connectivity index (χ1) is 9.78. The second kappa shape index (κ2) is 5.25. The van der Waals surface area contributed by atoms with Crippen molar-refractivity contribution in [3.05, 3.63) is 71.8 Å². The maximum absolute atomic E-state index is 10.2. The summed E-state index contributed by atoms with van der Waals surface area (Å²) in [5, 5.41) is 12.4. The van der Waals surface area contributed by atoms with E-state index in [4.69, 9.17) is 4.74 Å². The van der Waals surface area contributed by atoms with Gasteiger partial charge in [-0.15, -0.1) is 0 Å². The van der Waals surface area contributed by atoms with Gasteiger partial charge in [-0.1, -0.05) is 42.5 Å². The normalized spacial score (nSPS) is 10.7. The number of fused-ring (bicyclic) bond motifs is 1. The van der Waals surface area contributed by atoms with Gasteiger partial charge in [-0.3, -0.25) is 0 Å². The van der Waals surface area contributed by atoms with Gasteiger partial charge in [-0.25, -0.2) is 0 Å². The number of phenolic OH excluding ortho intramolecular Hbond substituents is 1. The summed E-state index contributed by atoms with van der Waals surface area (Å²) in [6.45, 7) is 0. The van der Waals surface area contributed by atoms with E-state index in [1.807, 2.05) is 54.6 Å². The highest BCUT2D eigenvalue weighted by Crippen LogP contribution is 2.29. The third kappa shape index (κ3) is 2.32. The lowest BCUT2D eigenvalue weighted by atomic mass is 9.99. The first-order valence-corrected chi connectivity index (χ1v) is 6.60. The minimum absolute atomic E-state index is 0.328. The fraction of sp³-hybridized carbons (Fsp3) is 0.111. The van der Waals surface area contributed by atoms with E-state index < -0.39 is 0 Å². The van der Waals surface area contributed by atoms with E-state index in [1.54, 1.807) is 7.11 Å². The first kappa shape index (κ1) is 12.5. The van der Waals surface area contributed by atoms with E-state index in [9.17, 15) is 5.11 Å². The standard InChI is InChI=1S/C18H16O2/c1-20-18-9-5-4-8-15(18)11-16-10-13-6-2-3-7-14(13)12-17(16)19/h2-10,12,19H,11H2,1H3. The molecule has 3 rings (SSSR count). The molecule has 20 heavy (non-hydrogen) atoms. The second-order valence-corrected chi connectivity index (χ2v) is 4.82. The molecule has 1 N–H and O–H groups in total. The summed E-state index contributed by atoms with van der Waals surface area (Å²) >= 11 is 0. The zero-order valence-corrected chi connectivity index (χ0v) is 11.3. The Morgan fingerprint density at radius 1 is 0.850 bits per heavy atom. The molecule has 0 atom stereocenters. The molecule has 3 aromatic carbocycles. The zero-order chi connectivity index (χ0) is 13.9.